The van der Waals surface area contributed by atoms with Crippen LogP contribution in [0.1, 0.15) is 24.1 Å². The van der Waals surface area contributed by atoms with Crippen molar-refractivity contribution in [3.63, 3.8) is 0 Å². The molecule has 6 rings (SSSR count). The van der Waals surface area contributed by atoms with Crippen LogP contribution in [0.3, 0.4) is 0 Å². The molecule has 0 saturated carbocycles. The molecule has 5 heterocycles. The molecule has 0 spiro atoms. The normalized spacial score (nSPS) is 23.6. The van der Waals surface area contributed by atoms with Gasteiger partial charge in [-0.1, -0.05) is 18.2 Å². The highest BCUT2D eigenvalue weighted by Gasteiger charge is 2.34. The lowest BCUT2D eigenvalue weighted by atomic mass is 9.95. The summed E-state index contributed by atoms with van der Waals surface area (Å²) in [6.45, 7) is 5.55. The van der Waals surface area contributed by atoms with Crippen LogP contribution in [0.4, 0.5) is 0 Å². The zero-order valence-corrected chi connectivity index (χ0v) is 16.3. The molecule has 0 unspecified atom stereocenters. The quantitative estimate of drug-likeness (QED) is 0.681. The topological polar surface area (TPSA) is 37.2 Å². The number of hydrogen-bond donors (Lipinski definition) is 0. The first-order chi connectivity index (χ1) is 13.3. The Hall–Kier alpha value is -2.02. The van der Waals surface area contributed by atoms with Crippen molar-refractivity contribution in [1.82, 2.24) is 24.6 Å². The minimum atomic E-state index is 0.641. The summed E-state index contributed by atoms with van der Waals surface area (Å²) >= 11 is 1.70. The molecule has 3 saturated heterocycles. The lowest BCUT2D eigenvalue weighted by molar-refractivity contribution is 0.123. The Morgan fingerprint density at radius 3 is 2.81 bits per heavy atom. The molecule has 140 valence electrons. The van der Waals surface area contributed by atoms with Crippen molar-refractivity contribution in [2.45, 2.75) is 32.0 Å². The average Bonchev–Trinajstić information content (AvgIpc) is 3.29. The Balaban J connectivity index is 1.27. The minimum Gasteiger partial charge on any atom is -0.296 e. The fraction of sp³-hybridized carbons (Fsp3) is 0.429. The average molecular weight is 380 g/mol. The van der Waals surface area contributed by atoms with E-state index in [0.29, 0.717) is 6.04 Å². The maximum atomic E-state index is 4.57. The lowest BCUT2D eigenvalue weighted by Gasteiger charge is -2.35. The van der Waals surface area contributed by atoms with Crippen molar-refractivity contribution in [3.05, 3.63) is 64.9 Å². The first-order valence-electron chi connectivity index (χ1n) is 9.76. The van der Waals surface area contributed by atoms with Crippen LogP contribution in [0.15, 0.2) is 53.6 Å². The molecule has 3 aliphatic rings. The van der Waals surface area contributed by atoms with Gasteiger partial charge in [0, 0.05) is 55.9 Å². The SMILES string of the molecule is c1ccc(-n2cc(CN3C[C@H]4CC[C@@H]3CN(Cc3cscn3)C4)cn2)cc1. The molecule has 0 aliphatic carbocycles. The van der Waals surface area contributed by atoms with Crippen molar-refractivity contribution in [2.24, 2.45) is 5.92 Å². The smallest absolute Gasteiger partial charge is 0.0795 e. The minimum absolute atomic E-state index is 0.641. The molecule has 3 aromatic rings. The molecule has 27 heavy (non-hydrogen) atoms. The number of piperidine rings is 1. The molecule has 3 aliphatic heterocycles. The van der Waals surface area contributed by atoms with Crippen LogP contribution >= 0.6 is 11.3 Å². The van der Waals surface area contributed by atoms with E-state index in [4.69, 9.17) is 0 Å². The van der Waals surface area contributed by atoms with E-state index < -0.39 is 0 Å². The van der Waals surface area contributed by atoms with Gasteiger partial charge in [-0.2, -0.15) is 5.10 Å². The van der Waals surface area contributed by atoms with Crippen LogP contribution in [-0.4, -0.2) is 50.2 Å². The van der Waals surface area contributed by atoms with Crippen molar-refractivity contribution in [3.8, 4) is 5.69 Å². The Labute approximate surface area is 164 Å². The highest BCUT2D eigenvalue weighted by Crippen LogP contribution is 2.30. The zero-order chi connectivity index (χ0) is 18.1. The number of hydrogen-bond acceptors (Lipinski definition) is 5. The molecular formula is C21H25N5S. The third-order valence-corrected chi connectivity index (χ3v) is 6.45. The second-order valence-electron chi connectivity index (χ2n) is 7.83. The Morgan fingerprint density at radius 1 is 1.04 bits per heavy atom. The van der Waals surface area contributed by atoms with Crippen LogP contribution in [0, 0.1) is 5.92 Å². The summed E-state index contributed by atoms with van der Waals surface area (Å²) in [4.78, 5) is 9.78. The van der Waals surface area contributed by atoms with Gasteiger partial charge in [0.15, 0.2) is 0 Å². The maximum Gasteiger partial charge on any atom is 0.0795 e. The van der Waals surface area contributed by atoms with Crippen LogP contribution < -0.4 is 0 Å². The molecule has 0 radical (unpaired) electrons. The van der Waals surface area contributed by atoms with E-state index in [9.17, 15) is 0 Å². The number of benzene rings is 1. The van der Waals surface area contributed by atoms with Crippen LogP contribution in [0.25, 0.3) is 5.69 Å². The molecule has 0 amide bonds. The molecule has 2 bridgehead atoms. The first kappa shape index (κ1) is 17.1. The van der Waals surface area contributed by atoms with Gasteiger partial charge in [0.25, 0.3) is 0 Å². The fourth-order valence-corrected chi connectivity index (χ4v) is 5.09. The monoisotopic (exact) mass is 379 g/mol. The van der Waals surface area contributed by atoms with E-state index >= 15 is 0 Å². The summed E-state index contributed by atoms with van der Waals surface area (Å²) in [6.07, 6.45) is 6.88. The van der Waals surface area contributed by atoms with Crippen LogP contribution in [0.5, 0.6) is 0 Å². The van der Waals surface area contributed by atoms with E-state index in [1.165, 1.54) is 37.2 Å². The van der Waals surface area contributed by atoms with E-state index in [-0.39, 0.29) is 0 Å². The zero-order valence-electron chi connectivity index (χ0n) is 15.4. The maximum absolute atomic E-state index is 4.57. The Kier molecular flexibility index (Phi) is 4.78. The number of rotatable bonds is 5. The largest absolute Gasteiger partial charge is 0.296 e. The van der Waals surface area contributed by atoms with Gasteiger partial charge in [-0.3, -0.25) is 9.80 Å². The molecule has 2 atom stereocenters. The van der Waals surface area contributed by atoms with Gasteiger partial charge in [0.05, 0.1) is 23.1 Å². The summed E-state index contributed by atoms with van der Waals surface area (Å²) < 4.78 is 1.99. The van der Waals surface area contributed by atoms with Crippen LogP contribution in [0.2, 0.25) is 0 Å². The Bertz CT molecular complexity index is 860. The number of nitrogens with zero attached hydrogens (tertiary/aromatic N) is 5. The molecule has 3 fully saturated rings. The summed E-state index contributed by atoms with van der Waals surface area (Å²) in [5.74, 6) is 0.770. The van der Waals surface area contributed by atoms with E-state index in [2.05, 4.69) is 55.7 Å². The van der Waals surface area contributed by atoms with Gasteiger partial charge in [-0.15, -0.1) is 11.3 Å². The summed E-state index contributed by atoms with van der Waals surface area (Å²) in [6, 6.07) is 11.0. The molecule has 0 N–H and O–H groups in total. The molecule has 6 heteroatoms. The summed E-state index contributed by atoms with van der Waals surface area (Å²) in [5, 5.41) is 6.76. The van der Waals surface area contributed by atoms with Crippen molar-refractivity contribution < 1.29 is 0 Å². The highest BCUT2D eigenvalue weighted by molar-refractivity contribution is 7.07. The van der Waals surface area contributed by atoms with Gasteiger partial charge in [0.2, 0.25) is 0 Å². The van der Waals surface area contributed by atoms with Crippen molar-refractivity contribution in [1.29, 1.82) is 0 Å². The van der Waals surface area contributed by atoms with Gasteiger partial charge in [0.1, 0.15) is 0 Å². The van der Waals surface area contributed by atoms with Gasteiger partial charge < -0.3 is 0 Å². The summed E-state index contributed by atoms with van der Waals surface area (Å²) in [7, 11) is 0. The van der Waals surface area contributed by atoms with Crippen molar-refractivity contribution >= 4 is 11.3 Å². The van der Waals surface area contributed by atoms with E-state index in [0.717, 1.165) is 31.2 Å². The third-order valence-electron chi connectivity index (χ3n) is 5.81. The first-order valence-corrected chi connectivity index (χ1v) is 10.7. The van der Waals surface area contributed by atoms with E-state index in [1.807, 2.05) is 22.5 Å². The molecule has 2 aromatic heterocycles. The number of aromatic nitrogens is 3. The van der Waals surface area contributed by atoms with Gasteiger partial charge in [-0.05, 0) is 30.9 Å². The van der Waals surface area contributed by atoms with Crippen LogP contribution in [-0.2, 0) is 13.1 Å². The van der Waals surface area contributed by atoms with Gasteiger partial charge >= 0.3 is 0 Å². The number of fused-ring (bicyclic) bond motifs is 4. The fourth-order valence-electron chi connectivity index (χ4n) is 4.54. The summed E-state index contributed by atoms with van der Waals surface area (Å²) in [5.41, 5.74) is 5.59. The lowest BCUT2D eigenvalue weighted by Crippen LogP contribution is -2.43. The predicted molar refractivity (Wildman–Crippen MR) is 108 cm³/mol. The molecule has 5 nitrogen and oxygen atoms in total. The highest BCUT2D eigenvalue weighted by atomic mass is 32.1. The van der Waals surface area contributed by atoms with E-state index in [1.54, 1.807) is 11.3 Å². The Morgan fingerprint density at radius 2 is 1.96 bits per heavy atom. The second kappa shape index (κ2) is 7.54. The predicted octanol–water partition coefficient (Wildman–Crippen LogP) is 3.43. The second-order valence-corrected chi connectivity index (χ2v) is 8.55. The van der Waals surface area contributed by atoms with Crippen molar-refractivity contribution in [2.75, 3.05) is 19.6 Å². The molecular weight excluding hydrogens is 354 g/mol. The standard InChI is InChI=1S/C21H25N5S/c1-2-4-20(5-3-1)26-12-18(8-23-26)11-25-10-17-6-7-21(25)14-24(9-17)13-19-15-27-16-22-19/h1-5,8,12,15-17,21H,6-7,9-11,13-14H2/t17-,21+/m0/s1. The number of thiazole rings is 1. The molecule has 1 aromatic carbocycles. The van der Waals surface area contributed by atoms with Gasteiger partial charge in [-0.25, -0.2) is 9.67 Å². The third kappa shape index (κ3) is 3.83. The number of para-hydroxylation sites is 1.